The lowest BCUT2D eigenvalue weighted by Crippen LogP contribution is -2.40. The Kier molecular flexibility index (Phi) is 6.67. The number of rotatable bonds is 5. The van der Waals surface area contributed by atoms with Gasteiger partial charge in [0.05, 0.1) is 7.11 Å². The number of methoxy groups -OCH3 is 1. The van der Waals surface area contributed by atoms with Gasteiger partial charge in [0.2, 0.25) is 10.0 Å². The zero-order valence-corrected chi connectivity index (χ0v) is 14.9. The van der Waals surface area contributed by atoms with Crippen molar-refractivity contribution in [3.8, 4) is 5.75 Å². The van der Waals surface area contributed by atoms with Gasteiger partial charge in [-0.25, -0.2) is 13.1 Å². The number of sulfonamides is 1. The third kappa shape index (κ3) is 3.93. The first-order valence-corrected chi connectivity index (χ1v) is 8.75. The van der Waals surface area contributed by atoms with Gasteiger partial charge in [0.15, 0.2) is 0 Å². The molecule has 2 rings (SSSR count). The maximum Gasteiger partial charge on any atom is 0.244 e. The van der Waals surface area contributed by atoms with Crippen molar-refractivity contribution in [1.29, 1.82) is 0 Å². The summed E-state index contributed by atoms with van der Waals surface area (Å²) in [5.74, 6) is 0.610. The largest absolute Gasteiger partial charge is 0.495 e. The second-order valence-electron chi connectivity index (χ2n) is 5.77. The molecule has 1 aromatic rings. The standard InChI is InChI=1S/C15H24N2O3S.ClH/c1-10-7-11(2)15(14(8-10)20-3)21(18,19)17-13-6-4-5-12(13)9-16;/h7-8,12-13,17H,4-6,9,16H2,1-3H3;1H. The van der Waals surface area contributed by atoms with Crippen molar-refractivity contribution >= 4 is 22.4 Å². The van der Waals surface area contributed by atoms with E-state index in [1.165, 1.54) is 7.11 Å². The van der Waals surface area contributed by atoms with Crippen molar-refractivity contribution in [3.05, 3.63) is 23.3 Å². The second-order valence-corrected chi connectivity index (χ2v) is 7.42. The van der Waals surface area contributed by atoms with Gasteiger partial charge in [-0.2, -0.15) is 0 Å². The molecule has 1 aromatic carbocycles. The Bertz CT molecular complexity index is 619. The molecule has 3 N–H and O–H groups in total. The molecule has 0 heterocycles. The molecule has 1 fully saturated rings. The fraction of sp³-hybridized carbons (Fsp3) is 0.600. The fourth-order valence-electron chi connectivity index (χ4n) is 3.14. The summed E-state index contributed by atoms with van der Waals surface area (Å²) in [6, 6.07) is 3.52. The predicted molar refractivity (Wildman–Crippen MR) is 90.2 cm³/mol. The van der Waals surface area contributed by atoms with Crippen LogP contribution in [0.1, 0.15) is 30.4 Å². The molecule has 5 nitrogen and oxygen atoms in total. The Balaban J connectivity index is 0.00000242. The molecule has 0 spiro atoms. The molecule has 1 aliphatic carbocycles. The molecule has 1 saturated carbocycles. The van der Waals surface area contributed by atoms with Gasteiger partial charge in [-0.3, -0.25) is 0 Å². The highest BCUT2D eigenvalue weighted by atomic mass is 35.5. The molecule has 7 heteroatoms. The van der Waals surface area contributed by atoms with E-state index in [-0.39, 0.29) is 29.3 Å². The van der Waals surface area contributed by atoms with E-state index < -0.39 is 10.0 Å². The Hall–Kier alpha value is -0.820. The Morgan fingerprint density at radius 2 is 2.00 bits per heavy atom. The number of ether oxygens (including phenoxy) is 1. The van der Waals surface area contributed by atoms with Gasteiger partial charge in [-0.1, -0.05) is 12.5 Å². The molecule has 2 unspecified atom stereocenters. The maximum absolute atomic E-state index is 12.7. The quantitative estimate of drug-likeness (QED) is 0.854. The van der Waals surface area contributed by atoms with Gasteiger partial charge in [-0.05, 0) is 56.3 Å². The van der Waals surface area contributed by atoms with E-state index in [9.17, 15) is 8.42 Å². The summed E-state index contributed by atoms with van der Waals surface area (Å²) in [6.07, 6.45) is 2.83. The summed E-state index contributed by atoms with van der Waals surface area (Å²) in [5, 5.41) is 0. The summed E-state index contributed by atoms with van der Waals surface area (Å²) in [5.41, 5.74) is 7.40. The number of hydrogen-bond acceptors (Lipinski definition) is 4. The van der Waals surface area contributed by atoms with E-state index >= 15 is 0 Å². The average Bonchev–Trinajstić information content (AvgIpc) is 2.83. The second kappa shape index (κ2) is 7.64. The van der Waals surface area contributed by atoms with E-state index in [2.05, 4.69) is 4.72 Å². The Labute approximate surface area is 139 Å². The normalized spacial score (nSPS) is 21.5. The molecule has 0 amide bonds. The summed E-state index contributed by atoms with van der Waals surface area (Å²) in [6.45, 7) is 4.22. The molecular formula is C15H25ClN2O3S. The van der Waals surface area contributed by atoms with Gasteiger partial charge in [0.25, 0.3) is 0 Å². The summed E-state index contributed by atoms with van der Waals surface area (Å²) >= 11 is 0. The van der Waals surface area contributed by atoms with E-state index in [0.29, 0.717) is 17.9 Å². The van der Waals surface area contributed by atoms with Gasteiger partial charge in [-0.15, -0.1) is 12.4 Å². The van der Waals surface area contributed by atoms with Crippen LogP contribution in [-0.2, 0) is 10.0 Å². The molecule has 1 aliphatic rings. The number of nitrogens with one attached hydrogen (secondary N) is 1. The third-order valence-corrected chi connectivity index (χ3v) is 5.82. The van der Waals surface area contributed by atoms with E-state index in [0.717, 1.165) is 24.8 Å². The lowest BCUT2D eigenvalue weighted by Gasteiger charge is -2.21. The smallest absolute Gasteiger partial charge is 0.244 e. The minimum atomic E-state index is -3.61. The van der Waals surface area contributed by atoms with Crippen LogP contribution >= 0.6 is 12.4 Å². The topological polar surface area (TPSA) is 81.4 Å². The first kappa shape index (κ1) is 19.2. The van der Waals surface area contributed by atoms with E-state index in [4.69, 9.17) is 10.5 Å². The van der Waals surface area contributed by atoms with Crippen LogP contribution in [0.25, 0.3) is 0 Å². The summed E-state index contributed by atoms with van der Waals surface area (Å²) in [7, 11) is -2.12. The van der Waals surface area contributed by atoms with Gasteiger partial charge < -0.3 is 10.5 Å². The highest BCUT2D eigenvalue weighted by Gasteiger charge is 2.32. The molecule has 0 radical (unpaired) electrons. The van der Waals surface area contributed by atoms with Gasteiger partial charge in [0.1, 0.15) is 10.6 Å². The summed E-state index contributed by atoms with van der Waals surface area (Å²) in [4.78, 5) is 0.235. The predicted octanol–water partition coefficient (Wildman–Crippen LogP) is 2.14. The molecular weight excluding hydrogens is 324 g/mol. The number of benzene rings is 1. The van der Waals surface area contributed by atoms with Crippen molar-refractivity contribution in [2.45, 2.75) is 44.0 Å². The minimum absolute atomic E-state index is 0. The molecule has 0 bridgehead atoms. The molecule has 126 valence electrons. The molecule has 2 atom stereocenters. The highest BCUT2D eigenvalue weighted by Crippen LogP contribution is 2.31. The Morgan fingerprint density at radius 1 is 1.32 bits per heavy atom. The fourth-order valence-corrected chi connectivity index (χ4v) is 4.86. The SMILES string of the molecule is COc1cc(C)cc(C)c1S(=O)(=O)NC1CCCC1CN.Cl. The van der Waals surface area contributed by atoms with E-state index in [1.807, 2.05) is 13.0 Å². The van der Waals surface area contributed by atoms with E-state index in [1.54, 1.807) is 13.0 Å². The average molecular weight is 349 g/mol. The zero-order valence-electron chi connectivity index (χ0n) is 13.3. The molecule has 22 heavy (non-hydrogen) atoms. The van der Waals surface area contributed by atoms with Crippen LogP contribution in [0.15, 0.2) is 17.0 Å². The van der Waals surface area contributed by atoms with Crippen LogP contribution in [0.3, 0.4) is 0 Å². The van der Waals surface area contributed by atoms with Crippen LogP contribution in [0.5, 0.6) is 5.75 Å². The number of aryl methyl sites for hydroxylation is 2. The zero-order chi connectivity index (χ0) is 15.6. The van der Waals surface area contributed by atoms with Crippen LogP contribution in [0, 0.1) is 19.8 Å². The number of hydrogen-bond donors (Lipinski definition) is 2. The minimum Gasteiger partial charge on any atom is -0.495 e. The third-order valence-electron chi connectivity index (χ3n) is 4.14. The van der Waals surface area contributed by atoms with Crippen molar-refractivity contribution in [2.75, 3.05) is 13.7 Å². The Morgan fingerprint density at radius 3 is 2.59 bits per heavy atom. The van der Waals surface area contributed by atoms with Crippen LogP contribution in [-0.4, -0.2) is 28.1 Å². The first-order chi connectivity index (χ1) is 9.89. The molecule has 0 saturated heterocycles. The maximum atomic E-state index is 12.7. The highest BCUT2D eigenvalue weighted by molar-refractivity contribution is 7.89. The lowest BCUT2D eigenvalue weighted by molar-refractivity contribution is 0.399. The van der Waals surface area contributed by atoms with Crippen LogP contribution < -0.4 is 15.2 Å². The van der Waals surface area contributed by atoms with Crippen molar-refractivity contribution < 1.29 is 13.2 Å². The van der Waals surface area contributed by atoms with Crippen LogP contribution in [0.4, 0.5) is 0 Å². The molecule has 0 aromatic heterocycles. The molecule has 0 aliphatic heterocycles. The van der Waals surface area contributed by atoms with Gasteiger partial charge >= 0.3 is 0 Å². The van der Waals surface area contributed by atoms with Crippen LogP contribution in [0.2, 0.25) is 0 Å². The first-order valence-electron chi connectivity index (χ1n) is 7.26. The van der Waals surface area contributed by atoms with Crippen molar-refractivity contribution in [3.63, 3.8) is 0 Å². The summed E-state index contributed by atoms with van der Waals surface area (Å²) < 4.78 is 33.5. The van der Waals surface area contributed by atoms with Crippen molar-refractivity contribution in [2.24, 2.45) is 11.7 Å². The van der Waals surface area contributed by atoms with Crippen molar-refractivity contribution in [1.82, 2.24) is 4.72 Å². The monoisotopic (exact) mass is 348 g/mol. The van der Waals surface area contributed by atoms with Gasteiger partial charge in [0, 0.05) is 6.04 Å². The lowest BCUT2D eigenvalue weighted by atomic mass is 10.1. The number of halogens is 1. The number of nitrogens with two attached hydrogens (primary N) is 1.